The summed E-state index contributed by atoms with van der Waals surface area (Å²) in [6, 6.07) is 11.4. The minimum absolute atomic E-state index is 0.536. The van der Waals surface area contributed by atoms with Crippen LogP contribution in [0.25, 0.3) is 22.8 Å². The lowest BCUT2D eigenvalue weighted by Crippen LogP contribution is -2.30. The Bertz CT molecular complexity index is 1430. The third-order valence-corrected chi connectivity index (χ3v) is 7.72. The maximum absolute atomic E-state index is 5.52. The molecule has 0 N–H and O–H groups in total. The molecule has 5 rings (SSSR count). The first-order valence-corrected chi connectivity index (χ1v) is 14.7. The quantitative estimate of drug-likeness (QED) is 0.225. The van der Waals surface area contributed by atoms with Crippen molar-refractivity contribution in [2.24, 2.45) is 0 Å². The zero-order valence-corrected chi connectivity index (χ0v) is 26.7. The molecule has 0 spiro atoms. The fraction of sp³-hybridized carbons (Fsp3) is 0.394. The molecule has 0 radical (unpaired) electrons. The van der Waals surface area contributed by atoms with E-state index < -0.39 is 0 Å². The molecule has 1 aliphatic heterocycles. The third-order valence-electron chi connectivity index (χ3n) is 7.72. The number of rotatable bonds is 12. The zero-order chi connectivity index (χ0) is 31.8. The average molecular weight is 617 g/mol. The van der Waals surface area contributed by atoms with Crippen LogP contribution in [0, 0.1) is 0 Å². The summed E-state index contributed by atoms with van der Waals surface area (Å²) in [5.41, 5.74) is 3.49. The van der Waals surface area contributed by atoms with Crippen LogP contribution in [0.3, 0.4) is 0 Å². The Labute approximate surface area is 263 Å². The van der Waals surface area contributed by atoms with E-state index in [0.29, 0.717) is 46.1 Å². The summed E-state index contributed by atoms with van der Waals surface area (Å²) in [6.45, 7) is 5.22. The molecule has 1 fully saturated rings. The van der Waals surface area contributed by atoms with E-state index in [1.165, 1.54) is 0 Å². The van der Waals surface area contributed by atoms with E-state index >= 15 is 0 Å². The maximum Gasteiger partial charge on any atom is 0.203 e. The van der Waals surface area contributed by atoms with Crippen molar-refractivity contribution in [3.63, 3.8) is 0 Å². The Morgan fingerprint density at radius 1 is 0.533 bits per heavy atom. The van der Waals surface area contributed by atoms with Crippen LogP contribution in [0.5, 0.6) is 34.5 Å². The van der Waals surface area contributed by atoms with E-state index in [1.807, 2.05) is 36.4 Å². The van der Waals surface area contributed by atoms with Gasteiger partial charge in [-0.05, 0) is 55.9 Å². The van der Waals surface area contributed by atoms with Crippen LogP contribution < -0.4 is 28.4 Å². The van der Waals surface area contributed by atoms with E-state index in [9.17, 15) is 0 Å². The molecule has 2 aromatic carbocycles. The number of hydrogen-bond donors (Lipinski definition) is 0. The van der Waals surface area contributed by atoms with Crippen LogP contribution in [0.2, 0.25) is 0 Å². The standard InChI is InChI=1S/C33H40N6O6/c1-40-26-16-22(17-27(41-2)30(26)44-5)32-34-10-8-24(36-32)20-38-12-7-13-39(15-14-38)21-25-9-11-35-33(37-25)23-18-28(42-3)31(45-6)29(19-23)43-4/h8-11,16-19H,7,12-15,20-21H2,1-6H3. The van der Waals surface area contributed by atoms with E-state index in [1.54, 1.807) is 55.1 Å². The van der Waals surface area contributed by atoms with Crippen LogP contribution in [0.4, 0.5) is 0 Å². The second-order valence-electron chi connectivity index (χ2n) is 10.5. The first-order chi connectivity index (χ1) is 22.0. The van der Waals surface area contributed by atoms with Gasteiger partial charge in [0.2, 0.25) is 11.5 Å². The summed E-state index contributed by atoms with van der Waals surface area (Å²) in [5, 5.41) is 0. The Morgan fingerprint density at radius 3 is 1.24 bits per heavy atom. The minimum Gasteiger partial charge on any atom is -0.493 e. The third kappa shape index (κ3) is 7.35. The molecule has 0 unspecified atom stereocenters. The van der Waals surface area contributed by atoms with E-state index in [2.05, 4.69) is 19.8 Å². The van der Waals surface area contributed by atoms with E-state index in [0.717, 1.165) is 68.2 Å². The van der Waals surface area contributed by atoms with Crippen molar-refractivity contribution in [3.8, 4) is 57.3 Å². The molecule has 4 aromatic rings. The summed E-state index contributed by atoms with van der Waals surface area (Å²) < 4.78 is 33.0. The monoisotopic (exact) mass is 616 g/mol. The van der Waals surface area contributed by atoms with Gasteiger partial charge in [0.05, 0.1) is 54.0 Å². The molecule has 3 heterocycles. The van der Waals surface area contributed by atoms with Gasteiger partial charge < -0.3 is 28.4 Å². The number of methoxy groups -OCH3 is 6. The van der Waals surface area contributed by atoms with Gasteiger partial charge in [0, 0.05) is 49.7 Å². The molecule has 45 heavy (non-hydrogen) atoms. The molecule has 12 heteroatoms. The molecule has 0 aliphatic carbocycles. The molecule has 0 atom stereocenters. The second-order valence-corrected chi connectivity index (χ2v) is 10.5. The summed E-state index contributed by atoms with van der Waals surface area (Å²) in [7, 11) is 9.56. The highest BCUT2D eigenvalue weighted by Crippen LogP contribution is 2.41. The van der Waals surface area contributed by atoms with Crippen LogP contribution in [0.15, 0.2) is 48.8 Å². The lowest BCUT2D eigenvalue weighted by molar-refractivity contribution is 0.244. The number of hydrogen-bond acceptors (Lipinski definition) is 12. The second kappa shape index (κ2) is 14.9. The molecule has 0 amide bonds. The molecule has 1 saturated heterocycles. The van der Waals surface area contributed by atoms with Gasteiger partial charge in [-0.3, -0.25) is 9.80 Å². The van der Waals surface area contributed by atoms with Crippen LogP contribution in [0.1, 0.15) is 17.8 Å². The SMILES string of the molecule is COc1cc(-c2nccc(CN3CCCN(Cc4ccnc(-c5cc(OC)c(OC)c(OC)c5)n4)CC3)n2)cc(OC)c1OC. The topological polar surface area (TPSA) is 113 Å². The predicted octanol–water partition coefficient (Wildman–Crippen LogP) is 4.36. The van der Waals surface area contributed by atoms with Gasteiger partial charge in [-0.25, -0.2) is 19.9 Å². The molecule has 0 saturated carbocycles. The largest absolute Gasteiger partial charge is 0.493 e. The van der Waals surface area contributed by atoms with Gasteiger partial charge in [0.1, 0.15) is 0 Å². The van der Waals surface area contributed by atoms with Crippen LogP contribution in [-0.4, -0.2) is 98.6 Å². The van der Waals surface area contributed by atoms with Gasteiger partial charge in [0.25, 0.3) is 0 Å². The fourth-order valence-corrected chi connectivity index (χ4v) is 5.47. The molecule has 12 nitrogen and oxygen atoms in total. The smallest absolute Gasteiger partial charge is 0.203 e. The number of nitrogens with zero attached hydrogens (tertiary/aromatic N) is 6. The van der Waals surface area contributed by atoms with Gasteiger partial charge in [-0.15, -0.1) is 0 Å². The van der Waals surface area contributed by atoms with Gasteiger partial charge in [0.15, 0.2) is 34.6 Å². The van der Waals surface area contributed by atoms with Crippen molar-refractivity contribution < 1.29 is 28.4 Å². The number of aromatic nitrogens is 4. The average Bonchev–Trinajstić information content (AvgIpc) is 3.31. The summed E-state index contributed by atoms with van der Waals surface area (Å²) in [6.07, 6.45) is 4.63. The molecule has 2 aromatic heterocycles. The normalized spacial score (nSPS) is 14.0. The minimum atomic E-state index is 0.536. The Kier molecular flexibility index (Phi) is 10.5. The molecule has 238 valence electrons. The van der Waals surface area contributed by atoms with Crippen molar-refractivity contribution in [3.05, 3.63) is 60.2 Å². The first kappa shape index (κ1) is 31.7. The van der Waals surface area contributed by atoms with Crippen LogP contribution >= 0.6 is 0 Å². The number of ether oxygens (including phenoxy) is 6. The predicted molar refractivity (Wildman–Crippen MR) is 169 cm³/mol. The summed E-state index contributed by atoms with van der Waals surface area (Å²) in [4.78, 5) is 23.7. The van der Waals surface area contributed by atoms with E-state index in [-0.39, 0.29) is 0 Å². The lowest BCUT2D eigenvalue weighted by Gasteiger charge is -2.21. The highest BCUT2D eigenvalue weighted by molar-refractivity contribution is 5.67. The summed E-state index contributed by atoms with van der Waals surface area (Å²) >= 11 is 0. The fourth-order valence-electron chi connectivity index (χ4n) is 5.47. The zero-order valence-electron chi connectivity index (χ0n) is 26.7. The summed E-state index contributed by atoms with van der Waals surface area (Å²) in [5.74, 6) is 4.53. The Morgan fingerprint density at radius 2 is 0.911 bits per heavy atom. The van der Waals surface area contributed by atoms with Crippen molar-refractivity contribution in [2.75, 3.05) is 68.8 Å². The van der Waals surface area contributed by atoms with Crippen LogP contribution in [-0.2, 0) is 13.1 Å². The molecular formula is C33H40N6O6. The maximum atomic E-state index is 5.52. The van der Waals surface area contributed by atoms with Gasteiger partial charge in [-0.1, -0.05) is 0 Å². The van der Waals surface area contributed by atoms with Crippen molar-refractivity contribution >= 4 is 0 Å². The van der Waals surface area contributed by atoms with Gasteiger partial charge in [-0.2, -0.15) is 0 Å². The molecule has 0 bridgehead atoms. The van der Waals surface area contributed by atoms with Crippen molar-refractivity contribution in [1.82, 2.24) is 29.7 Å². The highest BCUT2D eigenvalue weighted by Gasteiger charge is 2.20. The highest BCUT2D eigenvalue weighted by atomic mass is 16.5. The Balaban J connectivity index is 1.25. The van der Waals surface area contributed by atoms with Gasteiger partial charge >= 0.3 is 0 Å². The number of benzene rings is 2. The lowest BCUT2D eigenvalue weighted by atomic mass is 10.1. The van der Waals surface area contributed by atoms with E-state index in [4.69, 9.17) is 38.4 Å². The molecule has 1 aliphatic rings. The first-order valence-electron chi connectivity index (χ1n) is 14.7. The van der Waals surface area contributed by atoms with Crippen molar-refractivity contribution in [2.45, 2.75) is 19.5 Å². The molecular weight excluding hydrogens is 576 g/mol. The Hall–Kier alpha value is -4.68. The van der Waals surface area contributed by atoms with Crippen molar-refractivity contribution in [1.29, 1.82) is 0 Å².